The van der Waals surface area contributed by atoms with Crippen molar-refractivity contribution in [2.45, 2.75) is 45.8 Å². The molecule has 0 aliphatic carbocycles. The smallest absolute Gasteiger partial charge is 0.331 e. The average molecular weight is 221 g/mol. The first kappa shape index (κ1) is 13.2. The molecule has 2 N–H and O–H groups in total. The van der Waals surface area contributed by atoms with Gasteiger partial charge in [-0.25, -0.2) is 0 Å². The Bertz CT molecular complexity index is 358. The van der Waals surface area contributed by atoms with E-state index in [1.807, 2.05) is 46.8 Å². The Morgan fingerprint density at radius 1 is 1.31 bits per heavy atom. The number of aromatic nitrogens is 1. The van der Waals surface area contributed by atoms with Gasteiger partial charge < -0.3 is 9.76 Å². The quantitative estimate of drug-likeness (QED) is 0.560. The highest BCUT2D eigenvalue weighted by molar-refractivity contribution is 6.47. The number of pyridine rings is 1. The first-order valence-electron chi connectivity index (χ1n) is 5.41. The predicted molar refractivity (Wildman–Crippen MR) is 67.2 cm³/mol. The van der Waals surface area contributed by atoms with E-state index in [4.69, 9.17) is 9.76 Å². The number of rotatable bonds is 4. The van der Waals surface area contributed by atoms with Crippen LogP contribution in [0.5, 0.6) is 0 Å². The maximum absolute atomic E-state index is 7.99. The van der Waals surface area contributed by atoms with E-state index >= 15 is 0 Å². The summed E-state index contributed by atoms with van der Waals surface area (Å²) in [6.45, 7) is 9.48. The molecule has 1 aromatic heterocycles. The molecule has 1 heterocycles. The van der Waals surface area contributed by atoms with E-state index < -0.39 is 11.2 Å². The van der Waals surface area contributed by atoms with Gasteiger partial charge in [0.25, 0.3) is 0 Å². The van der Waals surface area contributed by atoms with Gasteiger partial charge in [-0.1, -0.05) is 5.46 Å². The molecule has 16 heavy (non-hydrogen) atoms. The molecule has 0 bridgehead atoms. The highest BCUT2D eigenvalue weighted by Crippen LogP contribution is 2.24. The number of aryl methyl sites for hydroxylation is 1. The fourth-order valence-corrected chi connectivity index (χ4v) is 1.00. The molecular weight excluding hydrogens is 201 g/mol. The zero-order valence-electron chi connectivity index (χ0n) is 10.7. The molecular formula is C12H20BNO2+. The van der Waals surface area contributed by atoms with E-state index in [1.54, 1.807) is 13.7 Å². The van der Waals surface area contributed by atoms with E-state index in [1.165, 1.54) is 0 Å². The van der Waals surface area contributed by atoms with Crippen LogP contribution in [-0.4, -0.2) is 28.8 Å². The van der Waals surface area contributed by atoms with Gasteiger partial charge in [0, 0.05) is 25.7 Å². The topological polar surface area (TPSA) is 45.0 Å². The molecule has 0 unspecified atom stereocenters. The molecule has 1 aromatic rings. The van der Waals surface area contributed by atoms with E-state index in [0.717, 1.165) is 11.2 Å². The fourth-order valence-electron chi connectivity index (χ4n) is 1.00. The molecule has 0 aliphatic rings. The number of hydrogen-bond acceptors (Lipinski definition) is 2. The van der Waals surface area contributed by atoms with Crippen molar-refractivity contribution in [1.82, 2.24) is 4.98 Å². The van der Waals surface area contributed by atoms with Crippen molar-refractivity contribution >= 4 is 12.9 Å². The summed E-state index contributed by atoms with van der Waals surface area (Å²) in [6, 6.07) is 3.84. The zero-order valence-corrected chi connectivity index (χ0v) is 10.7. The third-order valence-corrected chi connectivity index (χ3v) is 2.92. The lowest BCUT2D eigenvalue weighted by molar-refractivity contribution is -0.0893. The van der Waals surface area contributed by atoms with Crippen LogP contribution in [0, 0.1) is 6.92 Å². The van der Waals surface area contributed by atoms with Crippen molar-refractivity contribution in [1.29, 1.82) is 0 Å². The second-order valence-electron chi connectivity index (χ2n) is 5.10. The van der Waals surface area contributed by atoms with Gasteiger partial charge in [0.1, 0.15) is 5.60 Å². The van der Waals surface area contributed by atoms with Crippen LogP contribution < -0.4 is 5.46 Å². The molecule has 0 fully saturated rings. The first-order chi connectivity index (χ1) is 7.22. The highest BCUT2D eigenvalue weighted by Gasteiger charge is 2.40. The molecule has 4 heteroatoms. The molecule has 0 saturated heterocycles. The lowest BCUT2D eigenvalue weighted by Gasteiger charge is -2.33. The highest BCUT2D eigenvalue weighted by atomic mass is 16.5. The minimum absolute atomic E-state index is 0.524. The number of hydrogen-bond donors (Lipinski definition) is 0. The molecule has 1 radical (unpaired) electrons. The van der Waals surface area contributed by atoms with Gasteiger partial charge in [-0.05, 0) is 32.9 Å². The lowest BCUT2D eigenvalue weighted by atomic mass is 9.83. The van der Waals surface area contributed by atoms with Crippen LogP contribution in [0.2, 0.25) is 0 Å². The molecule has 3 nitrogen and oxygen atoms in total. The van der Waals surface area contributed by atoms with Gasteiger partial charge in [0.15, 0.2) is 5.60 Å². The lowest BCUT2D eigenvalue weighted by Crippen LogP contribution is -2.49. The summed E-state index contributed by atoms with van der Waals surface area (Å²) in [6.07, 6.45) is 1.75. The van der Waals surface area contributed by atoms with Crippen LogP contribution in [0.15, 0.2) is 18.3 Å². The minimum atomic E-state index is -0.647. The summed E-state index contributed by atoms with van der Waals surface area (Å²) in [5.74, 6) is 0. The van der Waals surface area contributed by atoms with Crippen LogP contribution in [0.3, 0.4) is 0 Å². The Balaban J connectivity index is 2.65. The van der Waals surface area contributed by atoms with Crippen molar-refractivity contribution in [2.24, 2.45) is 0 Å². The molecule has 0 aromatic carbocycles. The van der Waals surface area contributed by atoms with Gasteiger partial charge in [-0.15, -0.1) is 0 Å². The van der Waals surface area contributed by atoms with E-state index in [9.17, 15) is 0 Å². The van der Waals surface area contributed by atoms with Crippen LogP contribution >= 0.6 is 0 Å². The summed E-state index contributed by atoms with van der Waals surface area (Å²) >= 11 is 0. The van der Waals surface area contributed by atoms with Gasteiger partial charge in [-0.3, -0.25) is 4.98 Å². The Labute approximate surface area is 98.1 Å². The fraction of sp³-hybridized carbons (Fsp3) is 0.583. The van der Waals surface area contributed by atoms with Crippen LogP contribution in [-0.2, 0) is 4.65 Å². The van der Waals surface area contributed by atoms with Gasteiger partial charge in [0.05, 0.1) is 0 Å². The van der Waals surface area contributed by atoms with E-state index in [2.05, 4.69) is 4.98 Å². The maximum Gasteiger partial charge on any atom is 0.331 e. The first-order valence-corrected chi connectivity index (χ1v) is 5.41. The molecule has 0 spiro atoms. The van der Waals surface area contributed by atoms with Crippen molar-refractivity contribution in [3.63, 3.8) is 0 Å². The summed E-state index contributed by atoms with van der Waals surface area (Å²) in [5.41, 5.74) is 0.764. The summed E-state index contributed by atoms with van der Waals surface area (Å²) in [7, 11) is 1.70. The average Bonchev–Trinajstić information content (AvgIpc) is 2.13. The predicted octanol–water partition coefficient (Wildman–Crippen LogP) is 0.933. The van der Waals surface area contributed by atoms with E-state index in [0.29, 0.717) is 0 Å². The second kappa shape index (κ2) is 4.56. The Kier molecular flexibility index (Phi) is 3.76. The van der Waals surface area contributed by atoms with E-state index in [-0.39, 0.29) is 0 Å². The van der Waals surface area contributed by atoms with Gasteiger partial charge in [-0.2, -0.15) is 0 Å². The minimum Gasteiger partial charge on any atom is -0.439 e. The van der Waals surface area contributed by atoms with Crippen LogP contribution in [0.1, 0.15) is 33.4 Å². The summed E-state index contributed by atoms with van der Waals surface area (Å²) < 4.78 is 5.69. The molecule has 1 rings (SSSR count). The Hall–Kier alpha value is -0.865. The monoisotopic (exact) mass is 221 g/mol. The van der Waals surface area contributed by atoms with Gasteiger partial charge in [0.2, 0.25) is 0 Å². The van der Waals surface area contributed by atoms with Gasteiger partial charge >= 0.3 is 7.48 Å². The summed E-state index contributed by atoms with van der Waals surface area (Å²) in [4.78, 5) is 4.12. The SMILES string of the molecule is Cc1cc([B]OC(C)(C)C(C)(C)[OH2+])ccn1. The second-order valence-corrected chi connectivity index (χ2v) is 5.10. The zero-order chi connectivity index (χ0) is 12.4. The van der Waals surface area contributed by atoms with Crippen molar-refractivity contribution < 1.29 is 9.76 Å². The summed E-state index contributed by atoms with van der Waals surface area (Å²) in [5, 5.41) is 7.99. The Morgan fingerprint density at radius 2 is 1.94 bits per heavy atom. The van der Waals surface area contributed by atoms with Crippen molar-refractivity contribution in [3.8, 4) is 0 Å². The molecule has 87 valence electrons. The Morgan fingerprint density at radius 3 is 2.44 bits per heavy atom. The molecule has 0 atom stereocenters. The molecule has 0 aliphatic heterocycles. The number of nitrogens with zero attached hydrogens (tertiary/aromatic N) is 1. The largest absolute Gasteiger partial charge is 0.439 e. The van der Waals surface area contributed by atoms with Crippen LogP contribution in [0.4, 0.5) is 0 Å². The molecule has 0 saturated carbocycles. The van der Waals surface area contributed by atoms with Crippen molar-refractivity contribution in [2.75, 3.05) is 0 Å². The standard InChI is InChI=1S/C12H19BNO2/c1-9-8-10(6-7-14-9)13-16-12(4,5)11(2,3)15/h6-8,15H,1-5H3/p+1. The van der Waals surface area contributed by atoms with Crippen LogP contribution in [0.25, 0.3) is 0 Å². The molecule has 0 amide bonds. The maximum atomic E-state index is 7.99. The normalized spacial score (nSPS) is 12.6. The van der Waals surface area contributed by atoms with Crippen molar-refractivity contribution in [3.05, 3.63) is 24.0 Å². The third kappa shape index (κ3) is 3.32. The third-order valence-electron chi connectivity index (χ3n) is 2.92.